The molecule has 0 atom stereocenters. The van der Waals surface area contributed by atoms with Crippen LogP contribution in [0.4, 0.5) is 5.69 Å². The lowest BCUT2D eigenvalue weighted by molar-refractivity contribution is 0.455. The monoisotopic (exact) mass is 336 g/mol. The Morgan fingerprint density at radius 2 is 2.26 bits per heavy atom. The predicted molar refractivity (Wildman–Crippen MR) is 81.4 cm³/mol. The number of hydrogen-bond acceptors (Lipinski definition) is 4. The second-order valence-electron chi connectivity index (χ2n) is 4.12. The van der Waals surface area contributed by atoms with Crippen molar-refractivity contribution in [1.29, 1.82) is 0 Å². The lowest BCUT2D eigenvalue weighted by atomic mass is 10.0. The summed E-state index contributed by atoms with van der Waals surface area (Å²) in [6.45, 7) is 1.91. The predicted octanol–water partition coefficient (Wildman–Crippen LogP) is 3.55. The van der Waals surface area contributed by atoms with Gasteiger partial charge in [0.2, 0.25) is 5.88 Å². The third-order valence-electron chi connectivity index (χ3n) is 2.88. The molecule has 0 amide bonds. The number of H-pyrrole nitrogens is 1. The first kappa shape index (κ1) is 12.4. The van der Waals surface area contributed by atoms with Gasteiger partial charge in [0.1, 0.15) is 0 Å². The van der Waals surface area contributed by atoms with Crippen LogP contribution in [-0.4, -0.2) is 15.8 Å². The van der Waals surface area contributed by atoms with E-state index in [9.17, 15) is 9.90 Å². The van der Waals surface area contributed by atoms with Gasteiger partial charge in [0, 0.05) is 21.3 Å². The number of nitrogens with one attached hydrogen (secondary N) is 1. The minimum atomic E-state index is -0.272. The van der Waals surface area contributed by atoms with Crippen LogP contribution in [0.2, 0.25) is 0 Å². The van der Waals surface area contributed by atoms with Gasteiger partial charge < -0.3 is 5.11 Å². The minimum Gasteiger partial charge on any atom is -0.493 e. The van der Waals surface area contributed by atoms with Crippen LogP contribution in [0.15, 0.2) is 32.5 Å². The van der Waals surface area contributed by atoms with E-state index in [0.29, 0.717) is 4.88 Å². The van der Waals surface area contributed by atoms with E-state index in [4.69, 9.17) is 0 Å². The van der Waals surface area contributed by atoms with E-state index in [-0.39, 0.29) is 10.8 Å². The van der Waals surface area contributed by atoms with Crippen molar-refractivity contribution >= 4 is 50.3 Å². The molecule has 3 rings (SSSR count). The summed E-state index contributed by atoms with van der Waals surface area (Å²) in [7, 11) is 0. The normalized spacial score (nSPS) is 15.7. The number of benzene rings is 1. The van der Waals surface area contributed by atoms with Crippen LogP contribution in [0.5, 0.6) is 5.88 Å². The molecule has 1 aromatic carbocycles. The van der Waals surface area contributed by atoms with Gasteiger partial charge >= 0.3 is 4.87 Å². The number of nitrogens with zero attached hydrogens (tertiary/aromatic N) is 1. The highest BCUT2D eigenvalue weighted by atomic mass is 79.9. The first-order valence-electron chi connectivity index (χ1n) is 5.54. The van der Waals surface area contributed by atoms with Crippen molar-refractivity contribution in [2.24, 2.45) is 4.99 Å². The van der Waals surface area contributed by atoms with Crippen LogP contribution in [0.1, 0.15) is 17.4 Å². The van der Waals surface area contributed by atoms with Gasteiger partial charge in [-0.05, 0) is 35.0 Å². The fourth-order valence-corrected chi connectivity index (χ4v) is 3.14. The molecule has 2 N–H and O–H groups in total. The molecule has 2 aromatic rings. The fraction of sp³-hybridized carbons (Fsp3) is 0.0769. The summed E-state index contributed by atoms with van der Waals surface area (Å²) in [5.41, 5.74) is 3.66. The van der Waals surface area contributed by atoms with Crippen LogP contribution >= 0.6 is 27.3 Å². The van der Waals surface area contributed by atoms with Gasteiger partial charge in [-0.1, -0.05) is 23.5 Å². The van der Waals surface area contributed by atoms with Crippen molar-refractivity contribution in [3.63, 3.8) is 0 Å². The Hall–Kier alpha value is -1.66. The molecule has 1 aromatic heterocycles. The highest BCUT2D eigenvalue weighted by molar-refractivity contribution is 9.10. The molecular formula is C13H9BrN2O2S. The maximum absolute atomic E-state index is 11.2. The van der Waals surface area contributed by atoms with Crippen molar-refractivity contribution in [2.75, 3.05) is 0 Å². The molecule has 0 saturated heterocycles. The maximum atomic E-state index is 11.2. The number of aromatic nitrogens is 1. The molecule has 2 heterocycles. The number of rotatable bonds is 1. The van der Waals surface area contributed by atoms with Crippen molar-refractivity contribution in [3.05, 3.63) is 42.8 Å². The van der Waals surface area contributed by atoms with E-state index in [2.05, 4.69) is 25.9 Å². The summed E-state index contributed by atoms with van der Waals surface area (Å²) < 4.78 is 0.930. The van der Waals surface area contributed by atoms with Crippen LogP contribution in [0.3, 0.4) is 0 Å². The Kier molecular flexibility index (Phi) is 2.91. The molecule has 0 saturated carbocycles. The number of para-hydroxylation sites is 1. The second kappa shape index (κ2) is 4.47. The highest BCUT2D eigenvalue weighted by Gasteiger charge is 2.20. The van der Waals surface area contributed by atoms with Crippen molar-refractivity contribution in [1.82, 2.24) is 4.98 Å². The zero-order valence-electron chi connectivity index (χ0n) is 9.90. The summed E-state index contributed by atoms with van der Waals surface area (Å²) in [4.78, 5) is 18.3. The topological polar surface area (TPSA) is 65.5 Å². The average molecular weight is 337 g/mol. The average Bonchev–Trinajstić information content (AvgIpc) is 2.83. The fourth-order valence-electron chi connectivity index (χ4n) is 2.01. The molecule has 0 unspecified atom stereocenters. The van der Waals surface area contributed by atoms with Gasteiger partial charge in [-0.25, -0.2) is 0 Å². The maximum Gasteiger partial charge on any atom is 0.307 e. The lowest BCUT2D eigenvalue weighted by Gasteiger charge is -2.01. The Labute approximate surface area is 121 Å². The number of halogens is 1. The number of aromatic hydroxyl groups is 1. The van der Waals surface area contributed by atoms with E-state index in [0.717, 1.165) is 38.3 Å². The van der Waals surface area contributed by atoms with Crippen molar-refractivity contribution in [2.45, 2.75) is 6.92 Å². The lowest BCUT2D eigenvalue weighted by Crippen LogP contribution is -1.89. The Bertz CT molecular complexity index is 786. The largest absolute Gasteiger partial charge is 0.493 e. The zero-order valence-corrected chi connectivity index (χ0v) is 12.3. The van der Waals surface area contributed by atoms with Gasteiger partial charge in [0.15, 0.2) is 0 Å². The van der Waals surface area contributed by atoms with Crippen molar-refractivity contribution in [3.8, 4) is 5.88 Å². The first-order chi connectivity index (χ1) is 9.06. The quantitative estimate of drug-likeness (QED) is 0.836. The number of thiazole rings is 1. The van der Waals surface area contributed by atoms with E-state index in [1.54, 1.807) is 6.08 Å². The summed E-state index contributed by atoms with van der Waals surface area (Å²) in [5.74, 6) is -0.0984. The highest BCUT2D eigenvalue weighted by Crippen LogP contribution is 2.41. The standard InChI is InChI=1S/C13H9BrN2O2S/c1-6-8(5-10-12(17)16-13(18)19-10)7-3-2-4-9(14)11(7)15-6/h2-5,17H,1H3,(H,16,18). The van der Waals surface area contributed by atoms with E-state index in [1.807, 2.05) is 25.1 Å². The van der Waals surface area contributed by atoms with Crippen LogP contribution in [-0.2, 0) is 0 Å². The van der Waals surface area contributed by atoms with Gasteiger partial charge in [0.25, 0.3) is 0 Å². The molecule has 0 fully saturated rings. The van der Waals surface area contributed by atoms with Crippen molar-refractivity contribution < 1.29 is 5.11 Å². The first-order valence-corrected chi connectivity index (χ1v) is 7.15. The number of aromatic amines is 1. The number of aliphatic imine (C=N–C) groups is 1. The Morgan fingerprint density at radius 3 is 2.95 bits per heavy atom. The molecule has 0 aliphatic carbocycles. The summed E-state index contributed by atoms with van der Waals surface area (Å²) in [6.07, 6.45) is 1.79. The molecule has 0 spiro atoms. The van der Waals surface area contributed by atoms with Gasteiger partial charge in [-0.15, -0.1) is 0 Å². The summed E-state index contributed by atoms with van der Waals surface area (Å²) in [6, 6.07) is 5.84. The van der Waals surface area contributed by atoms with Crippen LogP contribution in [0, 0.1) is 0 Å². The Balaban J connectivity index is 2.19. The minimum absolute atomic E-state index is 0.0984. The zero-order chi connectivity index (χ0) is 13.6. The molecule has 1 aliphatic rings. The molecule has 4 nitrogen and oxygen atoms in total. The molecule has 96 valence electrons. The Morgan fingerprint density at radius 1 is 1.47 bits per heavy atom. The van der Waals surface area contributed by atoms with E-state index in [1.165, 1.54) is 0 Å². The summed E-state index contributed by atoms with van der Waals surface area (Å²) >= 11 is 4.45. The van der Waals surface area contributed by atoms with Gasteiger partial charge in [0.05, 0.1) is 10.6 Å². The SMILES string of the molecule is CC1=Nc2c(Br)cccc2C1=Cc1sc(=O)[nH]c1O. The number of fused-ring (bicyclic) bond motifs is 1. The molecule has 1 aliphatic heterocycles. The number of hydrogen-bond donors (Lipinski definition) is 2. The van der Waals surface area contributed by atoms with E-state index < -0.39 is 0 Å². The molecule has 6 heteroatoms. The smallest absolute Gasteiger partial charge is 0.307 e. The third kappa shape index (κ3) is 2.06. The summed E-state index contributed by atoms with van der Waals surface area (Å²) in [5, 5.41) is 9.64. The third-order valence-corrected chi connectivity index (χ3v) is 4.34. The molecule has 0 radical (unpaired) electrons. The molecular weight excluding hydrogens is 328 g/mol. The van der Waals surface area contributed by atoms with Gasteiger partial charge in [-0.2, -0.15) is 0 Å². The number of allylic oxidation sites excluding steroid dienone is 1. The second-order valence-corrected chi connectivity index (χ2v) is 5.99. The molecule has 0 bridgehead atoms. The van der Waals surface area contributed by atoms with Gasteiger partial charge in [-0.3, -0.25) is 14.8 Å². The molecule has 19 heavy (non-hydrogen) atoms. The van der Waals surface area contributed by atoms with Crippen LogP contribution < -0.4 is 4.87 Å². The van der Waals surface area contributed by atoms with Crippen LogP contribution in [0.25, 0.3) is 11.6 Å². The van der Waals surface area contributed by atoms with E-state index >= 15 is 0 Å².